The van der Waals surface area contributed by atoms with E-state index in [0.29, 0.717) is 19.3 Å². The van der Waals surface area contributed by atoms with Crippen molar-refractivity contribution < 1.29 is 75.8 Å². The van der Waals surface area contributed by atoms with Gasteiger partial charge in [0.05, 0.1) is 26.4 Å². The highest BCUT2D eigenvalue weighted by Gasteiger charge is 2.30. The molecule has 736 valence electrons. The molecule has 0 saturated carbocycles. The van der Waals surface area contributed by atoms with Gasteiger partial charge in [0.2, 0.25) is 0 Å². The van der Waals surface area contributed by atoms with Crippen LogP contribution in [0, 0.1) is 0 Å². The molecule has 0 aliphatic carbocycles. The Bertz CT molecular complexity index is 3180. The molecule has 0 aromatic heterocycles. The smallest absolute Gasteiger partial charge is 0.463 e. The van der Waals surface area contributed by atoms with E-state index in [1.54, 1.807) is 0 Å². The molecule has 0 radical (unpaired) electrons. The Morgan fingerprint density at radius 1 is 0.217 bits per heavy atom. The van der Waals surface area contributed by atoms with Crippen molar-refractivity contribution in [3.05, 3.63) is 207 Å². The fourth-order valence-corrected chi connectivity index (χ4v) is 15.4. The Balaban J connectivity index is 4.62. The number of carbonyl (C=O) groups excluding carboxylic acids is 3. The minimum Gasteiger partial charge on any atom is -0.463 e. The van der Waals surface area contributed by atoms with Crippen LogP contribution < -0.4 is 0 Å². The Hall–Kier alpha value is -5.87. The average molecular weight is 1840 g/mol. The summed E-state index contributed by atoms with van der Waals surface area (Å²) in [7, 11) is -9.83. The van der Waals surface area contributed by atoms with Crippen molar-refractivity contribution in [1.29, 1.82) is 0 Å². The van der Waals surface area contributed by atoms with E-state index in [-0.39, 0.29) is 19.3 Å². The molecular weight excluding hydrogens is 1650 g/mol. The molecule has 5 atom stereocenters. The number of carbonyl (C=O) groups is 3. The van der Waals surface area contributed by atoms with Crippen LogP contribution in [0.3, 0.4) is 0 Å². The molecule has 18 heteroatoms. The van der Waals surface area contributed by atoms with E-state index in [1.807, 2.05) is 0 Å². The summed E-state index contributed by atoms with van der Waals surface area (Å²) in [5.74, 6) is -1.58. The fraction of sp³-hybridized carbons (Fsp3) is 0.667. The summed E-state index contributed by atoms with van der Waals surface area (Å²) in [6.07, 6.45) is 137. The monoisotopic (exact) mass is 1840 g/mol. The zero-order chi connectivity index (χ0) is 93.5. The highest BCUT2D eigenvalue weighted by molar-refractivity contribution is 7.47. The van der Waals surface area contributed by atoms with Gasteiger partial charge in [-0.25, -0.2) is 9.13 Å². The first-order valence-corrected chi connectivity index (χ1v) is 54.4. The highest BCUT2D eigenvalue weighted by Crippen LogP contribution is 2.45. The molecule has 0 aromatic carbocycles. The van der Waals surface area contributed by atoms with Crippen LogP contribution in [0.15, 0.2) is 207 Å². The molecule has 0 bridgehead atoms. The van der Waals surface area contributed by atoms with Gasteiger partial charge in [0.1, 0.15) is 25.4 Å². The molecule has 0 spiro atoms. The van der Waals surface area contributed by atoms with Crippen molar-refractivity contribution in [2.24, 2.45) is 0 Å². The topological polar surface area (TPSA) is 231 Å². The first kappa shape index (κ1) is 123. The van der Waals surface area contributed by atoms with E-state index in [2.05, 4.69) is 227 Å². The lowest BCUT2D eigenvalue weighted by atomic mass is 10.0. The summed E-state index contributed by atoms with van der Waals surface area (Å²) in [5.41, 5.74) is 0. The first-order valence-electron chi connectivity index (χ1n) is 51.4. The second kappa shape index (κ2) is 101. The van der Waals surface area contributed by atoms with Crippen LogP contribution in [0.25, 0.3) is 0 Å². The maximum atomic E-state index is 13.1. The molecule has 0 rings (SSSR count). The summed E-state index contributed by atoms with van der Waals surface area (Å²) in [5, 5.41) is 20.8. The molecule has 0 saturated heterocycles. The van der Waals surface area contributed by atoms with Gasteiger partial charge < -0.3 is 34.2 Å². The van der Waals surface area contributed by atoms with Gasteiger partial charge in [-0.1, -0.05) is 439 Å². The molecule has 4 N–H and O–H groups in total. The molecule has 5 unspecified atom stereocenters. The quantitative estimate of drug-likeness (QED) is 0.0146. The number of ether oxygens (including phenoxy) is 3. The number of hydrogen-bond donors (Lipinski definition) is 4. The number of hydrogen-bond acceptors (Lipinski definition) is 14. The van der Waals surface area contributed by atoms with Crippen molar-refractivity contribution >= 4 is 33.6 Å². The van der Waals surface area contributed by atoms with Crippen LogP contribution in [0.4, 0.5) is 0 Å². The standard InChI is InChI=1S/C111H186O16P2/c1-4-7-10-13-16-19-22-25-28-31-34-37-40-43-46-49-50-51-52-53-54-57-59-61-64-67-70-73-76-79-82-85-88-91-94-97-109(114)121-100-106(112)101-123-128(117,118)124-102-107(113)103-125-129(119,120)126-105-108(127-111(116)99-96-93-90-87-84-81-78-75-72-69-66-63-60-56-48-45-42-39-36-33-30-27-24-21-18-15-12-9-6-3)104-122-110(115)98-95-92-89-86-83-80-77-74-71-68-65-62-58-55-47-44-41-38-35-32-29-26-23-20-17-14-11-8-5-2/h7-12,16-21,25-30,34-39,43-48,58,60,62-63,106-108,112-113H,4-6,13-15,22-24,31-33,40-42,49-57,59,61,64-105H2,1-3H3,(H,117,118)(H,119,120)/b10-7-,11-8-,12-9-,19-16-,20-17-,21-18-,28-25-,29-26-,30-27-,37-34-,38-35-,39-36-,46-43-,47-44-,48-45-,62-58-,63-60-. The van der Waals surface area contributed by atoms with Crippen LogP contribution >= 0.6 is 15.6 Å². The number of allylic oxidation sites excluding steroid dienone is 34. The third kappa shape index (κ3) is 102. The number of aliphatic hydroxyl groups is 2. The van der Waals surface area contributed by atoms with Gasteiger partial charge in [-0.2, -0.15) is 0 Å². The number of phosphoric ester groups is 2. The van der Waals surface area contributed by atoms with Crippen LogP contribution in [0.5, 0.6) is 0 Å². The SMILES string of the molecule is CC/C=C\C/C=C\C/C=C\C/C=C\C/C=C\C/C=C\CCCCCCCCCCCCC(=O)OCC(COP(=O)(O)OCC(O)COP(=O)(O)OCC(O)COC(=O)CCCCCCCCCCCCCCCCCCCCC/C=C\C/C=C\C/C=C\C/C=C\C/C=C\CC)OC(=O)CCCCCCCCCCCC/C=C\C/C=C\C/C=C\C/C=C\C/C=C\C/C=C\CC. The molecule has 16 nitrogen and oxygen atoms in total. The summed E-state index contributed by atoms with van der Waals surface area (Å²) in [6.45, 7) is 2.39. The average Bonchev–Trinajstić information content (AvgIpc) is 0.897. The number of phosphoric acid groups is 2. The van der Waals surface area contributed by atoms with Crippen LogP contribution in [-0.4, -0.2) is 95.9 Å². The fourth-order valence-electron chi connectivity index (χ4n) is 13.8. The lowest BCUT2D eigenvalue weighted by Gasteiger charge is -2.21. The molecular formula is C111H186O16P2. The predicted octanol–water partition coefficient (Wildman–Crippen LogP) is 32.7. The Morgan fingerprint density at radius 3 is 0.612 bits per heavy atom. The molecule has 0 aliphatic rings. The number of unbranched alkanes of at least 4 members (excludes halogenated alkanes) is 39. The van der Waals surface area contributed by atoms with Crippen LogP contribution in [-0.2, 0) is 55.8 Å². The number of esters is 3. The Morgan fingerprint density at radius 2 is 0.388 bits per heavy atom. The lowest BCUT2D eigenvalue weighted by Crippen LogP contribution is -2.30. The third-order valence-electron chi connectivity index (χ3n) is 21.5. The minimum absolute atomic E-state index is 0.0914. The molecule has 0 amide bonds. The predicted molar refractivity (Wildman–Crippen MR) is 546 cm³/mol. The zero-order valence-electron chi connectivity index (χ0n) is 81.5. The summed E-state index contributed by atoms with van der Waals surface area (Å²) >= 11 is 0. The van der Waals surface area contributed by atoms with E-state index >= 15 is 0 Å². The zero-order valence-corrected chi connectivity index (χ0v) is 83.3. The van der Waals surface area contributed by atoms with Crippen molar-refractivity contribution in [1.82, 2.24) is 0 Å². The van der Waals surface area contributed by atoms with Crippen LogP contribution in [0.1, 0.15) is 419 Å². The molecule has 0 fully saturated rings. The van der Waals surface area contributed by atoms with Gasteiger partial charge in [0, 0.05) is 19.3 Å². The third-order valence-corrected chi connectivity index (χ3v) is 23.4. The summed E-state index contributed by atoms with van der Waals surface area (Å²) in [4.78, 5) is 59.2. The molecule has 0 heterocycles. The molecule has 0 aliphatic heterocycles. The van der Waals surface area contributed by atoms with Crippen LogP contribution in [0.2, 0.25) is 0 Å². The molecule has 129 heavy (non-hydrogen) atoms. The maximum absolute atomic E-state index is 13.1. The van der Waals surface area contributed by atoms with Gasteiger partial charge in [0.15, 0.2) is 6.10 Å². The van der Waals surface area contributed by atoms with Crippen molar-refractivity contribution in [3.8, 4) is 0 Å². The van der Waals surface area contributed by atoms with Gasteiger partial charge in [-0.15, -0.1) is 0 Å². The summed E-state index contributed by atoms with van der Waals surface area (Å²) in [6, 6.07) is 0. The maximum Gasteiger partial charge on any atom is 0.472 e. The molecule has 0 aromatic rings. The lowest BCUT2D eigenvalue weighted by molar-refractivity contribution is -0.161. The highest BCUT2D eigenvalue weighted by atomic mass is 31.2. The second-order valence-electron chi connectivity index (χ2n) is 33.8. The van der Waals surface area contributed by atoms with E-state index in [0.717, 1.165) is 193 Å². The Labute approximate surface area is 788 Å². The van der Waals surface area contributed by atoms with E-state index in [9.17, 15) is 43.5 Å². The van der Waals surface area contributed by atoms with Crippen molar-refractivity contribution in [2.45, 2.75) is 437 Å². The van der Waals surface area contributed by atoms with Crippen molar-refractivity contribution in [3.63, 3.8) is 0 Å². The minimum atomic E-state index is -4.95. The number of aliphatic hydroxyl groups excluding tert-OH is 2. The van der Waals surface area contributed by atoms with E-state index < -0.39 is 91.5 Å². The van der Waals surface area contributed by atoms with Gasteiger partial charge in [-0.3, -0.25) is 32.5 Å². The van der Waals surface area contributed by atoms with Crippen molar-refractivity contribution in [2.75, 3.05) is 39.6 Å². The first-order chi connectivity index (χ1) is 63.2. The number of rotatable bonds is 96. The second-order valence-corrected chi connectivity index (χ2v) is 36.8. The van der Waals surface area contributed by atoms with Gasteiger partial charge in [0.25, 0.3) is 0 Å². The van der Waals surface area contributed by atoms with Gasteiger partial charge in [-0.05, 0) is 167 Å². The van der Waals surface area contributed by atoms with Gasteiger partial charge >= 0.3 is 33.6 Å². The Kier molecular flexibility index (Phi) is 96.5. The summed E-state index contributed by atoms with van der Waals surface area (Å²) < 4.78 is 61.7. The van der Waals surface area contributed by atoms with E-state index in [1.165, 1.54) is 167 Å². The van der Waals surface area contributed by atoms with E-state index in [4.69, 9.17) is 32.3 Å². The largest absolute Gasteiger partial charge is 0.472 e. The normalized spacial score (nSPS) is 14.5.